The molecule has 0 radical (unpaired) electrons. The second kappa shape index (κ2) is 11.8. The maximum Gasteiger partial charge on any atom is 0.164 e. The number of thiophene rings is 2. The van der Waals surface area contributed by atoms with Crippen LogP contribution in [0.2, 0.25) is 0 Å². The molecular weight excluding hydrogens is 647 g/mol. The lowest BCUT2D eigenvalue weighted by Crippen LogP contribution is -2.00. The molecule has 10 aromatic rings. The van der Waals surface area contributed by atoms with Crippen molar-refractivity contribution in [2.24, 2.45) is 0 Å². The molecule has 3 nitrogen and oxygen atoms in total. The molecule has 0 bridgehead atoms. The molecule has 0 unspecified atom stereocenters. The van der Waals surface area contributed by atoms with Crippen LogP contribution in [0.15, 0.2) is 164 Å². The number of aromatic nitrogens is 3. The van der Waals surface area contributed by atoms with Crippen molar-refractivity contribution in [3.63, 3.8) is 0 Å². The summed E-state index contributed by atoms with van der Waals surface area (Å²) in [6.07, 6.45) is 0. The van der Waals surface area contributed by atoms with Gasteiger partial charge in [0.25, 0.3) is 0 Å². The van der Waals surface area contributed by atoms with Gasteiger partial charge in [0.2, 0.25) is 0 Å². The van der Waals surface area contributed by atoms with Crippen LogP contribution in [0.25, 0.3) is 96.8 Å². The quantitative estimate of drug-likeness (QED) is 0.182. The Morgan fingerprint density at radius 1 is 0.300 bits per heavy atom. The fourth-order valence-corrected chi connectivity index (χ4v) is 9.21. The zero-order chi connectivity index (χ0) is 33.0. The standard InChI is InChI=1S/C45H27N3S2/c1-3-12-28(13-4-1)43-46-44(29-14-5-2-6-15-29)48-45(47-43)31-22-24-32(34-18-11-21-41-42(34)35-17-8-10-20-39(35)50-41)36(27-31)30-23-25-40-37(26-30)33-16-7-9-19-38(33)49-40/h1-27H. The summed E-state index contributed by atoms with van der Waals surface area (Å²) in [6.45, 7) is 0. The first-order valence-electron chi connectivity index (χ1n) is 16.6. The van der Waals surface area contributed by atoms with Crippen LogP contribution in [0.1, 0.15) is 0 Å². The van der Waals surface area contributed by atoms with Gasteiger partial charge in [-0.25, -0.2) is 15.0 Å². The molecule has 0 N–H and O–H groups in total. The van der Waals surface area contributed by atoms with Crippen molar-refractivity contribution in [2.75, 3.05) is 0 Å². The fourth-order valence-electron chi connectivity index (χ4n) is 6.99. The molecule has 0 aliphatic rings. The number of nitrogens with zero attached hydrogens (tertiary/aromatic N) is 3. The monoisotopic (exact) mass is 673 g/mol. The molecule has 0 amide bonds. The van der Waals surface area contributed by atoms with Gasteiger partial charge in [0.05, 0.1) is 0 Å². The van der Waals surface area contributed by atoms with E-state index in [4.69, 9.17) is 15.0 Å². The predicted octanol–water partition coefficient (Wildman–Crippen LogP) is 12.9. The summed E-state index contributed by atoms with van der Waals surface area (Å²) in [5.41, 5.74) is 7.57. The molecule has 0 aliphatic heterocycles. The maximum absolute atomic E-state index is 5.08. The van der Waals surface area contributed by atoms with E-state index in [0.29, 0.717) is 17.5 Å². The number of hydrogen-bond donors (Lipinski definition) is 0. The zero-order valence-corrected chi connectivity index (χ0v) is 28.4. The van der Waals surface area contributed by atoms with Crippen LogP contribution in [0, 0.1) is 0 Å². The lowest BCUT2D eigenvalue weighted by Gasteiger charge is -2.15. The Kier molecular flexibility index (Phi) is 6.86. The minimum absolute atomic E-state index is 0.645. The minimum Gasteiger partial charge on any atom is -0.208 e. The summed E-state index contributed by atoms with van der Waals surface area (Å²) in [5, 5.41) is 5.14. The highest BCUT2D eigenvalue weighted by Crippen LogP contribution is 2.45. The van der Waals surface area contributed by atoms with Crippen LogP contribution in [0.4, 0.5) is 0 Å². The van der Waals surface area contributed by atoms with Crippen LogP contribution >= 0.6 is 22.7 Å². The van der Waals surface area contributed by atoms with Gasteiger partial charge in [0.1, 0.15) is 0 Å². The number of fused-ring (bicyclic) bond motifs is 6. The first kappa shape index (κ1) is 29.0. The van der Waals surface area contributed by atoms with E-state index in [1.54, 1.807) is 0 Å². The summed E-state index contributed by atoms with van der Waals surface area (Å²) in [5.74, 6) is 1.95. The van der Waals surface area contributed by atoms with E-state index in [0.717, 1.165) is 27.8 Å². The molecule has 50 heavy (non-hydrogen) atoms. The average molecular weight is 674 g/mol. The average Bonchev–Trinajstić information content (AvgIpc) is 3.76. The van der Waals surface area contributed by atoms with Gasteiger partial charge < -0.3 is 0 Å². The summed E-state index contributed by atoms with van der Waals surface area (Å²) in [6, 6.07) is 58.0. The Balaban J connectivity index is 1.24. The lowest BCUT2D eigenvalue weighted by atomic mass is 9.90. The highest BCUT2D eigenvalue weighted by Gasteiger charge is 2.19. The van der Waals surface area contributed by atoms with E-state index in [-0.39, 0.29) is 0 Å². The topological polar surface area (TPSA) is 38.7 Å². The van der Waals surface area contributed by atoms with Gasteiger partial charge in [-0.1, -0.05) is 127 Å². The van der Waals surface area contributed by atoms with Crippen molar-refractivity contribution in [1.82, 2.24) is 15.0 Å². The van der Waals surface area contributed by atoms with Gasteiger partial charge in [-0.3, -0.25) is 0 Å². The fraction of sp³-hybridized carbons (Fsp3) is 0. The first-order valence-corrected chi connectivity index (χ1v) is 18.2. The van der Waals surface area contributed by atoms with E-state index in [1.165, 1.54) is 51.5 Å². The molecule has 3 heterocycles. The van der Waals surface area contributed by atoms with Crippen molar-refractivity contribution >= 4 is 63.0 Å². The summed E-state index contributed by atoms with van der Waals surface area (Å²) >= 11 is 3.69. The Labute approximate surface area is 296 Å². The van der Waals surface area contributed by atoms with Crippen molar-refractivity contribution in [2.45, 2.75) is 0 Å². The number of rotatable bonds is 5. The van der Waals surface area contributed by atoms with Crippen molar-refractivity contribution < 1.29 is 0 Å². The third-order valence-corrected chi connectivity index (χ3v) is 11.6. The predicted molar refractivity (Wildman–Crippen MR) is 213 cm³/mol. The Hall–Kier alpha value is -6.01. The van der Waals surface area contributed by atoms with Crippen LogP contribution < -0.4 is 0 Å². The molecule has 0 aliphatic carbocycles. The molecule has 3 aromatic heterocycles. The molecule has 10 rings (SSSR count). The molecule has 234 valence electrons. The largest absolute Gasteiger partial charge is 0.208 e. The molecule has 0 atom stereocenters. The minimum atomic E-state index is 0.645. The van der Waals surface area contributed by atoms with Gasteiger partial charge in [-0.05, 0) is 58.7 Å². The third kappa shape index (κ3) is 4.90. The SMILES string of the molecule is c1ccc(-c2nc(-c3ccccc3)nc(-c3ccc(-c4cccc5sc6ccccc6c45)c(-c4ccc5sc6ccccc6c5c4)c3)n2)cc1. The van der Waals surface area contributed by atoms with Crippen molar-refractivity contribution in [3.05, 3.63) is 164 Å². The summed E-state index contributed by atoms with van der Waals surface area (Å²) in [4.78, 5) is 15.1. The van der Waals surface area contributed by atoms with E-state index in [9.17, 15) is 0 Å². The highest BCUT2D eigenvalue weighted by atomic mass is 32.1. The van der Waals surface area contributed by atoms with E-state index in [1.807, 2.05) is 59.1 Å². The summed E-state index contributed by atoms with van der Waals surface area (Å²) < 4.78 is 5.17. The second-order valence-corrected chi connectivity index (χ2v) is 14.6. The molecule has 0 saturated heterocycles. The summed E-state index contributed by atoms with van der Waals surface area (Å²) in [7, 11) is 0. The smallest absolute Gasteiger partial charge is 0.164 e. The van der Waals surface area contributed by atoms with Crippen molar-refractivity contribution in [1.29, 1.82) is 0 Å². The van der Waals surface area contributed by atoms with Gasteiger partial charge in [-0.2, -0.15) is 0 Å². The Morgan fingerprint density at radius 3 is 1.56 bits per heavy atom. The third-order valence-electron chi connectivity index (χ3n) is 9.36. The van der Waals surface area contributed by atoms with E-state index >= 15 is 0 Å². The number of benzene rings is 7. The zero-order valence-electron chi connectivity index (χ0n) is 26.7. The normalized spacial score (nSPS) is 11.6. The highest BCUT2D eigenvalue weighted by molar-refractivity contribution is 7.26. The number of hydrogen-bond acceptors (Lipinski definition) is 5. The Morgan fingerprint density at radius 2 is 0.840 bits per heavy atom. The molecular formula is C45H27N3S2. The molecule has 0 saturated carbocycles. The first-order chi connectivity index (χ1) is 24.8. The van der Waals surface area contributed by atoms with Crippen LogP contribution in [0.5, 0.6) is 0 Å². The molecule has 7 aromatic carbocycles. The molecule has 0 fully saturated rings. The van der Waals surface area contributed by atoms with Crippen LogP contribution in [-0.2, 0) is 0 Å². The van der Waals surface area contributed by atoms with Gasteiger partial charge in [-0.15, -0.1) is 22.7 Å². The van der Waals surface area contributed by atoms with Crippen LogP contribution in [-0.4, -0.2) is 15.0 Å². The van der Waals surface area contributed by atoms with Gasteiger partial charge in [0, 0.05) is 57.0 Å². The molecule has 0 spiro atoms. The van der Waals surface area contributed by atoms with E-state index < -0.39 is 0 Å². The van der Waals surface area contributed by atoms with Crippen LogP contribution in [0.3, 0.4) is 0 Å². The van der Waals surface area contributed by atoms with Gasteiger partial charge >= 0.3 is 0 Å². The van der Waals surface area contributed by atoms with Crippen molar-refractivity contribution in [3.8, 4) is 56.4 Å². The molecule has 5 heteroatoms. The van der Waals surface area contributed by atoms with E-state index in [2.05, 4.69) is 127 Å². The lowest BCUT2D eigenvalue weighted by molar-refractivity contribution is 1.07. The second-order valence-electron chi connectivity index (χ2n) is 12.4. The Bertz CT molecular complexity index is 2810. The maximum atomic E-state index is 5.08. The van der Waals surface area contributed by atoms with Gasteiger partial charge in [0.15, 0.2) is 17.5 Å².